The highest BCUT2D eigenvalue weighted by Gasteiger charge is 2.36. The van der Waals surface area contributed by atoms with E-state index < -0.39 is 22.0 Å². The molecule has 1 amide bonds. The summed E-state index contributed by atoms with van der Waals surface area (Å²) in [6.07, 6.45) is 0.309. The Morgan fingerprint density at radius 2 is 1.95 bits per heavy atom. The van der Waals surface area contributed by atoms with Crippen molar-refractivity contribution in [2.45, 2.75) is 88.7 Å². The minimum Gasteiger partial charge on any atom is -0.375 e. The van der Waals surface area contributed by atoms with Gasteiger partial charge in [-0.1, -0.05) is 20.8 Å². The highest BCUT2D eigenvalue weighted by atomic mass is 32.2. The molecule has 0 radical (unpaired) electrons. The first kappa shape index (κ1) is 27.9. The largest absolute Gasteiger partial charge is 0.375 e. The number of alkyl halides is 2. The Kier molecular flexibility index (Phi) is 7.97. The molecule has 0 unspecified atom stereocenters. The van der Waals surface area contributed by atoms with E-state index in [2.05, 4.69) is 9.88 Å². The third-order valence-corrected chi connectivity index (χ3v) is 9.06. The van der Waals surface area contributed by atoms with Crippen molar-refractivity contribution in [2.24, 2.45) is 5.92 Å². The zero-order chi connectivity index (χ0) is 27.0. The van der Waals surface area contributed by atoms with E-state index in [1.54, 1.807) is 18.2 Å². The van der Waals surface area contributed by atoms with Crippen LogP contribution in [-0.2, 0) is 31.5 Å². The van der Waals surface area contributed by atoms with Gasteiger partial charge in [-0.3, -0.25) is 4.79 Å². The first-order valence-electron chi connectivity index (χ1n) is 13.1. The van der Waals surface area contributed by atoms with Crippen LogP contribution in [0.3, 0.4) is 0 Å². The van der Waals surface area contributed by atoms with Crippen molar-refractivity contribution in [3.8, 4) is 0 Å². The molecule has 1 saturated carbocycles. The van der Waals surface area contributed by atoms with Crippen LogP contribution in [-0.4, -0.2) is 66.4 Å². The number of nitrogens with one attached hydrogen (secondary N) is 1. The van der Waals surface area contributed by atoms with E-state index in [0.29, 0.717) is 31.4 Å². The van der Waals surface area contributed by atoms with Crippen LogP contribution in [0.15, 0.2) is 23.1 Å². The van der Waals surface area contributed by atoms with Crippen LogP contribution >= 0.6 is 0 Å². The fourth-order valence-corrected chi connectivity index (χ4v) is 6.70. The lowest BCUT2D eigenvalue weighted by Gasteiger charge is -2.32. The number of imidazole rings is 1. The number of aromatic nitrogens is 2. The lowest BCUT2D eigenvalue weighted by molar-refractivity contribution is -0.125. The zero-order valence-corrected chi connectivity index (χ0v) is 22.9. The van der Waals surface area contributed by atoms with Crippen molar-refractivity contribution in [2.75, 3.05) is 26.2 Å². The Labute approximate surface area is 217 Å². The van der Waals surface area contributed by atoms with Gasteiger partial charge < -0.3 is 14.6 Å². The summed E-state index contributed by atoms with van der Waals surface area (Å²) >= 11 is 0. The van der Waals surface area contributed by atoms with Crippen molar-refractivity contribution < 1.29 is 26.7 Å². The lowest BCUT2D eigenvalue weighted by Crippen LogP contribution is -2.47. The average Bonchev–Trinajstić information content (AvgIpc) is 3.19. The molecule has 2 aliphatic rings. The summed E-state index contributed by atoms with van der Waals surface area (Å²) in [5.74, 6) is -1.82. The molecule has 1 atom stereocenters. The second kappa shape index (κ2) is 10.6. The maximum atomic E-state index is 13.7. The molecule has 2 aromatic rings. The van der Waals surface area contributed by atoms with Crippen molar-refractivity contribution in [3.05, 3.63) is 24.0 Å². The minimum absolute atomic E-state index is 0.0990. The van der Waals surface area contributed by atoms with Crippen LogP contribution in [0, 0.1) is 5.92 Å². The molecule has 0 spiro atoms. The molecule has 2 heterocycles. The van der Waals surface area contributed by atoms with Gasteiger partial charge in [-0.25, -0.2) is 22.2 Å². The van der Waals surface area contributed by atoms with Gasteiger partial charge in [0.15, 0.2) is 0 Å². The SMILES string of the molecule is CCNC(=O)C[C@@H]1CN(S(=O)(=O)c2ccc3c(c2)nc(C(C)(C)C)n3CC2CCC(F)(F)CC2)CCO1. The highest BCUT2D eigenvalue weighted by Crippen LogP contribution is 2.38. The Hall–Kier alpha value is -2.11. The van der Waals surface area contributed by atoms with Gasteiger partial charge in [0.05, 0.1) is 35.1 Å². The van der Waals surface area contributed by atoms with Gasteiger partial charge in [-0.05, 0) is 43.9 Å². The monoisotopic (exact) mass is 540 g/mol. The average molecular weight is 541 g/mol. The Morgan fingerprint density at radius 1 is 1.24 bits per heavy atom. The van der Waals surface area contributed by atoms with Crippen LogP contribution < -0.4 is 5.32 Å². The van der Waals surface area contributed by atoms with Crippen molar-refractivity contribution in [3.63, 3.8) is 0 Å². The molecule has 1 aliphatic heterocycles. The number of amides is 1. The second-order valence-electron chi connectivity index (χ2n) is 11.3. The quantitative estimate of drug-likeness (QED) is 0.571. The lowest BCUT2D eigenvalue weighted by atomic mass is 9.86. The molecular weight excluding hydrogens is 502 g/mol. The molecule has 2 fully saturated rings. The summed E-state index contributed by atoms with van der Waals surface area (Å²) in [5, 5.41) is 2.72. The Balaban J connectivity index is 1.60. The van der Waals surface area contributed by atoms with Crippen molar-refractivity contribution in [1.82, 2.24) is 19.2 Å². The number of fused-ring (bicyclic) bond motifs is 1. The number of hydrogen-bond donors (Lipinski definition) is 1. The molecule has 206 valence electrons. The number of carbonyl (C=O) groups excluding carboxylic acids is 1. The highest BCUT2D eigenvalue weighted by molar-refractivity contribution is 7.89. The Bertz CT molecular complexity index is 1230. The van der Waals surface area contributed by atoms with E-state index in [4.69, 9.17) is 9.72 Å². The normalized spacial score (nSPS) is 21.8. The van der Waals surface area contributed by atoms with Gasteiger partial charge in [0.25, 0.3) is 0 Å². The fraction of sp³-hybridized carbons (Fsp3) is 0.692. The van der Waals surface area contributed by atoms with Crippen LogP contribution in [0.4, 0.5) is 8.78 Å². The summed E-state index contributed by atoms with van der Waals surface area (Å²) in [5.41, 5.74) is 1.06. The third-order valence-electron chi connectivity index (χ3n) is 7.19. The zero-order valence-electron chi connectivity index (χ0n) is 22.1. The van der Waals surface area contributed by atoms with Gasteiger partial charge >= 0.3 is 0 Å². The van der Waals surface area contributed by atoms with Crippen LogP contribution in [0.1, 0.15) is 65.6 Å². The van der Waals surface area contributed by atoms with E-state index in [1.807, 2.05) is 27.7 Å². The number of morpholine rings is 1. The molecule has 0 bridgehead atoms. The van der Waals surface area contributed by atoms with Crippen LogP contribution in [0.5, 0.6) is 0 Å². The van der Waals surface area contributed by atoms with Crippen molar-refractivity contribution >= 4 is 27.0 Å². The molecule has 11 heteroatoms. The van der Waals surface area contributed by atoms with Crippen LogP contribution in [0.2, 0.25) is 0 Å². The second-order valence-corrected chi connectivity index (χ2v) is 13.2. The maximum Gasteiger partial charge on any atom is 0.248 e. The van der Waals surface area contributed by atoms with Gasteiger partial charge in [-0.15, -0.1) is 0 Å². The number of benzene rings is 1. The first-order chi connectivity index (χ1) is 17.3. The van der Waals surface area contributed by atoms with Gasteiger partial charge in [-0.2, -0.15) is 4.31 Å². The number of sulfonamides is 1. The number of rotatable bonds is 7. The minimum atomic E-state index is -3.82. The molecule has 1 saturated heterocycles. The third kappa shape index (κ3) is 6.31. The van der Waals surface area contributed by atoms with E-state index in [-0.39, 0.29) is 61.1 Å². The fourth-order valence-electron chi connectivity index (χ4n) is 5.23. The number of ether oxygens (including phenoxy) is 1. The van der Waals surface area contributed by atoms with Crippen LogP contribution in [0.25, 0.3) is 11.0 Å². The predicted octanol–water partition coefficient (Wildman–Crippen LogP) is 4.08. The molecule has 1 aliphatic carbocycles. The van der Waals surface area contributed by atoms with Gasteiger partial charge in [0.1, 0.15) is 5.82 Å². The van der Waals surface area contributed by atoms with Gasteiger partial charge in [0, 0.05) is 44.4 Å². The summed E-state index contributed by atoms with van der Waals surface area (Å²) in [6, 6.07) is 4.96. The van der Waals surface area contributed by atoms with Gasteiger partial charge in [0.2, 0.25) is 21.9 Å². The number of hydrogen-bond acceptors (Lipinski definition) is 5. The summed E-state index contributed by atoms with van der Waals surface area (Å²) < 4.78 is 63.5. The molecule has 1 aromatic carbocycles. The predicted molar refractivity (Wildman–Crippen MR) is 137 cm³/mol. The maximum absolute atomic E-state index is 13.7. The molecule has 37 heavy (non-hydrogen) atoms. The van der Waals surface area contributed by atoms with E-state index in [9.17, 15) is 22.0 Å². The standard InChI is InChI=1S/C26H38F2N4O4S/c1-5-29-23(33)14-19-17-31(12-13-36-19)37(34,35)20-6-7-22-21(15-20)30-24(25(2,3)4)32(22)16-18-8-10-26(27,28)11-9-18/h6-7,15,18-19H,5,8-14,16-17H2,1-4H3,(H,29,33)/t19-/m1/s1. The summed E-state index contributed by atoms with van der Waals surface area (Å²) in [6.45, 7) is 9.56. The first-order valence-corrected chi connectivity index (χ1v) is 14.5. The molecule has 4 rings (SSSR count). The summed E-state index contributed by atoms with van der Waals surface area (Å²) in [4.78, 5) is 16.9. The van der Waals surface area contributed by atoms with E-state index in [0.717, 1.165) is 11.3 Å². The van der Waals surface area contributed by atoms with Crippen molar-refractivity contribution in [1.29, 1.82) is 0 Å². The number of nitrogens with zero attached hydrogens (tertiary/aromatic N) is 3. The topological polar surface area (TPSA) is 93.5 Å². The molecule has 1 N–H and O–H groups in total. The summed E-state index contributed by atoms with van der Waals surface area (Å²) in [7, 11) is -3.82. The number of halogens is 2. The Morgan fingerprint density at radius 3 is 2.59 bits per heavy atom. The molecule has 1 aromatic heterocycles. The van der Waals surface area contributed by atoms with E-state index in [1.165, 1.54) is 4.31 Å². The molecule has 8 nitrogen and oxygen atoms in total. The molecular formula is C26H38F2N4O4S. The van der Waals surface area contributed by atoms with E-state index >= 15 is 0 Å². The smallest absolute Gasteiger partial charge is 0.248 e. The number of carbonyl (C=O) groups is 1.